The summed E-state index contributed by atoms with van der Waals surface area (Å²) >= 11 is 0. The maximum absolute atomic E-state index is 9.00. The number of hydrogen-bond donors (Lipinski definition) is 0. The Morgan fingerprint density at radius 1 is 0.905 bits per heavy atom. The Morgan fingerprint density at radius 3 is 2.10 bits per heavy atom. The van der Waals surface area contributed by atoms with Crippen molar-refractivity contribution in [1.29, 1.82) is 5.26 Å². The van der Waals surface area contributed by atoms with Gasteiger partial charge in [0.2, 0.25) is 0 Å². The van der Waals surface area contributed by atoms with Crippen LogP contribution in [-0.4, -0.2) is 0 Å². The van der Waals surface area contributed by atoms with E-state index in [1.165, 1.54) is 77.0 Å². The van der Waals surface area contributed by atoms with Gasteiger partial charge in [-0.1, -0.05) is 38.3 Å². The van der Waals surface area contributed by atoms with Crippen molar-refractivity contribution in [3.63, 3.8) is 0 Å². The second-order valence-electron chi connectivity index (χ2n) is 7.33. The molecule has 1 heteroatoms. The number of nitrogens with zero attached hydrogens (tertiary/aromatic N) is 1. The van der Waals surface area contributed by atoms with Crippen LogP contribution < -0.4 is 0 Å². The quantitative estimate of drug-likeness (QED) is 0.418. The molecule has 0 N–H and O–H groups in total. The van der Waals surface area contributed by atoms with E-state index in [0.29, 0.717) is 5.92 Å². The predicted octanol–water partition coefficient (Wildman–Crippen LogP) is 6.26. The number of unbranched alkanes of at least 4 members (excludes halogenated alkanes) is 1. The third kappa shape index (κ3) is 5.50. The summed E-state index contributed by atoms with van der Waals surface area (Å²) in [6.07, 6.45) is 20.8. The maximum Gasteiger partial charge on any atom is 0.0655 e. The number of allylic oxidation sites excluding steroid dienone is 2. The fraction of sp³-hybridized carbons (Fsp3) is 0.850. The average Bonchev–Trinajstić information content (AvgIpc) is 2.55. The minimum Gasteiger partial charge on any atom is -0.198 e. The van der Waals surface area contributed by atoms with E-state index in [4.69, 9.17) is 5.26 Å². The lowest BCUT2D eigenvalue weighted by Crippen LogP contribution is -2.25. The monoisotopic (exact) mass is 287 g/mol. The van der Waals surface area contributed by atoms with Gasteiger partial charge < -0.3 is 0 Å². The Hall–Kier alpha value is -0.770. The normalized spacial score (nSPS) is 33.9. The van der Waals surface area contributed by atoms with Crippen molar-refractivity contribution in [3.05, 3.63) is 12.2 Å². The first-order valence-electron chi connectivity index (χ1n) is 9.38. The highest BCUT2D eigenvalue weighted by molar-refractivity contribution is 4.89. The lowest BCUT2D eigenvalue weighted by molar-refractivity contribution is 0.153. The highest BCUT2D eigenvalue weighted by Crippen LogP contribution is 2.42. The first-order chi connectivity index (χ1) is 10.3. The van der Waals surface area contributed by atoms with Crippen molar-refractivity contribution in [2.75, 3.05) is 0 Å². The average molecular weight is 287 g/mol. The van der Waals surface area contributed by atoms with Gasteiger partial charge in [-0.25, -0.2) is 0 Å². The zero-order valence-corrected chi connectivity index (χ0v) is 13.9. The molecule has 21 heavy (non-hydrogen) atoms. The summed E-state index contributed by atoms with van der Waals surface area (Å²) in [4.78, 5) is 0. The van der Waals surface area contributed by atoms with Crippen LogP contribution in [0.3, 0.4) is 0 Å². The molecule has 2 saturated carbocycles. The molecule has 0 aliphatic heterocycles. The van der Waals surface area contributed by atoms with E-state index in [-0.39, 0.29) is 0 Å². The van der Waals surface area contributed by atoms with Crippen LogP contribution in [0.25, 0.3) is 0 Å². The summed E-state index contributed by atoms with van der Waals surface area (Å²) in [5.74, 6) is 3.31. The van der Waals surface area contributed by atoms with Crippen molar-refractivity contribution >= 4 is 0 Å². The van der Waals surface area contributed by atoms with E-state index in [0.717, 1.165) is 17.8 Å². The summed E-state index contributed by atoms with van der Waals surface area (Å²) in [5.41, 5.74) is 0. The molecule has 1 nitrogen and oxygen atoms in total. The summed E-state index contributed by atoms with van der Waals surface area (Å²) < 4.78 is 0. The zero-order valence-electron chi connectivity index (χ0n) is 13.9. The van der Waals surface area contributed by atoms with Gasteiger partial charge in [0.05, 0.1) is 6.07 Å². The molecule has 0 heterocycles. The van der Waals surface area contributed by atoms with Gasteiger partial charge in [0.1, 0.15) is 0 Å². The first kappa shape index (κ1) is 16.6. The molecule has 0 saturated heterocycles. The highest BCUT2D eigenvalue weighted by atomic mass is 14.4. The highest BCUT2D eigenvalue weighted by Gasteiger charge is 2.30. The standard InChI is InChI=1S/C20H33N/c1-2-3-4-5-6-7-17-8-12-19(13-9-17)20-14-10-18(16-21)11-15-20/h3-4,17-20H,2,5-15H2,1H3/b4-3-/t17-,18-,19-,20-. The smallest absolute Gasteiger partial charge is 0.0655 e. The summed E-state index contributed by atoms with van der Waals surface area (Å²) in [6, 6.07) is 2.47. The van der Waals surface area contributed by atoms with Gasteiger partial charge in [-0.3, -0.25) is 0 Å². The SMILES string of the molecule is CC/C=C\CCC[C@H]1CC[C@H]([C@H]2CC[C@H](C#N)CC2)CC1. The van der Waals surface area contributed by atoms with E-state index >= 15 is 0 Å². The van der Waals surface area contributed by atoms with Crippen LogP contribution in [0.2, 0.25) is 0 Å². The Kier molecular flexibility index (Phi) is 7.34. The van der Waals surface area contributed by atoms with Crippen LogP contribution in [0.4, 0.5) is 0 Å². The maximum atomic E-state index is 9.00. The molecule has 2 aliphatic carbocycles. The van der Waals surface area contributed by atoms with Gasteiger partial charge in [-0.15, -0.1) is 0 Å². The second kappa shape index (κ2) is 9.29. The lowest BCUT2D eigenvalue weighted by atomic mass is 9.69. The topological polar surface area (TPSA) is 23.8 Å². The number of nitriles is 1. The van der Waals surface area contributed by atoms with Crippen LogP contribution in [0.15, 0.2) is 12.2 Å². The van der Waals surface area contributed by atoms with Crippen LogP contribution >= 0.6 is 0 Å². The third-order valence-electron chi connectivity index (χ3n) is 5.90. The molecule has 0 unspecified atom stereocenters. The lowest BCUT2D eigenvalue weighted by Gasteiger charge is -2.36. The molecular weight excluding hydrogens is 254 g/mol. The second-order valence-corrected chi connectivity index (χ2v) is 7.33. The van der Waals surface area contributed by atoms with Crippen molar-refractivity contribution < 1.29 is 0 Å². The molecule has 0 spiro atoms. The predicted molar refractivity (Wildman–Crippen MR) is 89.8 cm³/mol. The van der Waals surface area contributed by atoms with E-state index in [1.807, 2.05) is 0 Å². The molecule has 0 atom stereocenters. The van der Waals surface area contributed by atoms with Crippen LogP contribution in [0, 0.1) is 35.0 Å². The Morgan fingerprint density at radius 2 is 1.52 bits per heavy atom. The Bertz CT molecular complexity index is 335. The molecule has 0 aromatic rings. The van der Waals surface area contributed by atoms with E-state index in [9.17, 15) is 0 Å². The van der Waals surface area contributed by atoms with Gasteiger partial charge in [0.25, 0.3) is 0 Å². The van der Waals surface area contributed by atoms with E-state index < -0.39 is 0 Å². The minimum absolute atomic E-state index is 0.369. The van der Waals surface area contributed by atoms with Crippen LogP contribution in [0.5, 0.6) is 0 Å². The largest absolute Gasteiger partial charge is 0.198 e. The van der Waals surface area contributed by atoms with Crippen LogP contribution in [0.1, 0.15) is 84.0 Å². The molecule has 2 aliphatic rings. The molecule has 0 aromatic carbocycles. The Labute approximate surface area is 131 Å². The van der Waals surface area contributed by atoms with Gasteiger partial charge in [0, 0.05) is 5.92 Å². The van der Waals surface area contributed by atoms with Gasteiger partial charge >= 0.3 is 0 Å². The Balaban J connectivity index is 1.60. The van der Waals surface area contributed by atoms with Crippen molar-refractivity contribution in [2.24, 2.45) is 23.7 Å². The zero-order chi connectivity index (χ0) is 14.9. The van der Waals surface area contributed by atoms with Gasteiger partial charge in [0.15, 0.2) is 0 Å². The van der Waals surface area contributed by atoms with Crippen molar-refractivity contribution in [2.45, 2.75) is 84.0 Å². The molecule has 2 rings (SSSR count). The van der Waals surface area contributed by atoms with Crippen molar-refractivity contribution in [3.8, 4) is 6.07 Å². The molecule has 0 radical (unpaired) electrons. The van der Waals surface area contributed by atoms with Gasteiger partial charge in [-0.05, 0) is 75.5 Å². The fourth-order valence-corrected chi connectivity index (χ4v) is 4.48. The molecule has 118 valence electrons. The van der Waals surface area contributed by atoms with Crippen molar-refractivity contribution in [1.82, 2.24) is 0 Å². The third-order valence-corrected chi connectivity index (χ3v) is 5.90. The summed E-state index contributed by atoms with van der Waals surface area (Å²) in [5, 5.41) is 9.00. The summed E-state index contributed by atoms with van der Waals surface area (Å²) in [6.45, 7) is 2.21. The fourth-order valence-electron chi connectivity index (χ4n) is 4.48. The molecule has 0 amide bonds. The van der Waals surface area contributed by atoms with Gasteiger partial charge in [-0.2, -0.15) is 5.26 Å². The first-order valence-corrected chi connectivity index (χ1v) is 9.38. The molecular formula is C20H33N. The van der Waals surface area contributed by atoms with E-state index in [1.54, 1.807) is 0 Å². The van der Waals surface area contributed by atoms with E-state index in [2.05, 4.69) is 25.1 Å². The summed E-state index contributed by atoms with van der Waals surface area (Å²) in [7, 11) is 0. The molecule has 2 fully saturated rings. The molecule has 0 bridgehead atoms. The number of hydrogen-bond acceptors (Lipinski definition) is 1. The molecule has 0 aromatic heterocycles. The van der Waals surface area contributed by atoms with Crippen LogP contribution in [-0.2, 0) is 0 Å². The minimum atomic E-state index is 0.369. The number of rotatable bonds is 6.